The molecule has 1 atom stereocenters. The van der Waals surface area contributed by atoms with Gasteiger partial charge < -0.3 is 20.3 Å². The second-order valence-electron chi connectivity index (χ2n) is 5.68. The van der Waals surface area contributed by atoms with Gasteiger partial charge in [0, 0.05) is 18.5 Å². The van der Waals surface area contributed by atoms with Crippen LogP contribution in [0.3, 0.4) is 0 Å². The van der Waals surface area contributed by atoms with Crippen molar-refractivity contribution in [3.8, 4) is 5.75 Å². The van der Waals surface area contributed by atoms with Gasteiger partial charge in [0.25, 0.3) is 0 Å². The molecule has 1 spiro atoms. The number of aromatic carboxylic acids is 1. The van der Waals surface area contributed by atoms with Gasteiger partial charge in [0.05, 0.1) is 12.2 Å². The fraction of sp³-hybridized carbons (Fsp3) is 0.533. The molecule has 5 nitrogen and oxygen atoms in total. The summed E-state index contributed by atoms with van der Waals surface area (Å²) in [6.07, 6.45) is 5.03. The molecule has 1 aliphatic heterocycles. The number of ether oxygens (including phenoxy) is 2. The van der Waals surface area contributed by atoms with E-state index in [1.165, 1.54) is 12.5 Å². The maximum absolute atomic E-state index is 11.3. The summed E-state index contributed by atoms with van der Waals surface area (Å²) in [5.74, 6) is -0.620. The summed E-state index contributed by atoms with van der Waals surface area (Å²) < 4.78 is 11.8. The first-order chi connectivity index (χ1) is 9.58. The fourth-order valence-electron chi connectivity index (χ4n) is 3.00. The number of rotatable bonds is 3. The van der Waals surface area contributed by atoms with Crippen molar-refractivity contribution in [2.45, 2.75) is 43.8 Å². The highest BCUT2D eigenvalue weighted by Gasteiger charge is 2.43. The second-order valence-corrected chi connectivity index (χ2v) is 5.68. The van der Waals surface area contributed by atoms with Crippen LogP contribution in [-0.2, 0) is 4.74 Å². The van der Waals surface area contributed by atoms with Gasteiger partial charge in [-0.05, 0) is 37.5 Å². The first kappa shape index (κ1) is 13.2. The van der Waals surface area contributed by atoms with Crippen LogP contribution in [0.5, 0.6) is 5.75 Å². The van der Waals surface area contributed by atoms with Crippen molar-refractivity contribution < 1.29 is 19.4 Å². The zero-order valence-corrected chi connectivity index (χ0v) is 11.3. The molecule has 1 aromatic carbocycles. The van der Waals surface area contributed by atoms with Gasteiger partial charge >= 0.3 is 5.97 Å². The van der Waals surface area contributed by atoms with Crippen LogP contribution in [0, 0.1) is 0 Å². The van der Waals surface area contributed by atoms with Crippen molar-refractivity contribution in [3.05, 3.63) is 23.8 Å². The SMILES string of the molecule is Nc1ccc(OC2CCOC3(CCC3)C2)c(C(=O)O)c1. The molecule has 1 aromatic rings. The summed E-state index contributed by atoms with van der Waals surface area (Å²) >= 11 is 0. The second kappa shape index (κ2) is 4.98. The van der Waals surface area contributed by atoms with E-state index in [1.807, 2.05) is 0 Å². The van der Waals surface area contributed by atoms with E-state index in [0.717, 1.165) is 25.7 Å². The Morgan fingerprint density at radius 3 is 2.90 bits per heavy atom. The molecule has 5 heteroatoms. The summed E-state index contributed by atoms with van der Waals surface area (Å²) in [6, 6.07) is 4.75. The molecule has 0 aromatic heterocycles. The van der Waals surface area contributed by atoms with Gasteiger partial charge in [-0.2, -0.15) is 0 Å². The van der Waals surface area contributed by atoms with E-state index >= 15 is 0 Å². The predicted molar refractivity (Wildman–Crippen MR) is 74.0 cm³/mol. The average molecular weight is 277 g/mol. The molecule has 0 radical (unpaired) electrons. The van der Waals surface area contributed by atoms with Crippen LogP contribution in [0.4, 0.5) is 5.69 Å². The van der Waals surface area contributed by atoms with Crippen LogP contribution in [0.1, 0.15) is 42.5 Å². The molecule has 2 aliphatic rings. The highest BCUT2D eigenvalue weighted by Crippen LogP contribution is 2.43. The first-order valence-electron chi connectivity index (χ1n) is 7.01. The molecule has 1 unspecified atom stereocenters. The molecular formula is C15H19NO4. The Morgan fingerprint density at radius 2 is 2.25 bits per heavy atom. The topological polar surface area (TPSA) is 81.8 Å². The Bertz CT molecular complexity index is 525. The maximum atomic E-state index is 11.3. The van der Waals surface area contributed by atoms with Gasteiger partial charge in [-0.1, -0.05) is 0 Å². The predicted octanol–water partition coefficient (Wildman–Crippen LogP) is 2.45. The highest BCUT2D eigenvalue weighted by molar-refractivity contribution is 5.92. The number of nitrogen functional groups attached to an aromatic ring is 1. The van der Waals surface area contributed by atoms with Crippen molar-refractivity contribution in [2.24, 2.45) is 0 Å². The van der Waals surface area contributed by atoms with Crippen LogP contribution in [0.15, 0.2) is 18.2 Å². The molecule has 1 heterocycles. The lowest BCUT2D eigenvalue weighted by Crippen LogP contribution is -2.48. The molecule has 2 fully saturated rings. The van der Waals surface area contributed by atoms with E-state index in [1.54, 1.807) is 12.1 Å². The Labute approximate surface area is 117 Å². The van der Waals surface area contributed by atoms with Gasteiger partial charge in [0.15, 0.2) is 0 Å². The Kier molecular flexibility index (Phi) is 3.30. The van der Waals surface area contributed by atoms with E-state index < -0.39 is 5.97 Å². The molecule has 1 saturated heterocycles. The van der Waals surface area contributed by atoms with Crippen LogP contribution in [0.25, 0.3) is 0 Å². The third-order valence-corrected chi connectivity index (χ3v) is 4.24. The van der Waals surface area contributed by atoms with Crippen LogP contribution < -0.4 is 10.5 Å². The van der Waals surface area contributed by atoms with Gasteiger partial charge in [-0.15, -0.1) is 0 Å². The number of nitrogens with two attached hydrogens (primary N) is 1. The van der Waals surface area contributed by atoms with Crippen LogP contribution in [-0.4, -0.2) is 29.4 Å². The standard InChI is InChI=1S/C15H19NO4/c16-10-2-3-13(12(8-10)14(17)18)20-11-4-7-19-15(9-11)5-1-6-15/h2-3,8,11H,1,4-7,9,16H2,(H,17,18). The average Bonchev–Trinajstić information content (AvgIpc) is 2.39. The molecule has 1 saturated carbocycles. The van der Waals surface area contributed by atoms with Gasteiger partial charge in [0.2, 0.25) is 0 Å². The summed E-state index contributed by atoms with van der Waals surface area (Å²) in [5.41, 5.74) is 6.17. The quantitative estimate of drug-likeness (QED) is 0.829. The Morgan fingerprint density at radius 1 is 1.45 bits per heavy atom. The van der Waals surface area contributed by atoms with Gasteiger partial charge in [0.1, 0.15) is 17.4 Å². The lowest BCUT2D eigenvalue weighted by Gasteiger charge is -2.46. The van der Waals surface area contributed by atoms with Crippen LogP contribution in [0.2, 0.25) is 0 Å². The number of benzene rings is 1. The Hall–Kier alpha value is -1.75. The minimum Gasteiger partial charge on any atom is -0.489 e. The maximum Gasteiger partial charge on any atom is 0.339 e. The number of hydrogen-bond donors (Lipinski definition) is 2. The van der Waals surface area contributed by atoms with E-state index in [2.05, 4.69) is 0 Å². The number of carbonyl (C=O) groups is 1. The Balaban J connectivity index is 1.75. The highest BCUT2D eigenvalue weighted by atomic mass is 16.5. The molecule has 0 bridgehead atoms. The van der Waals surface area contributed by atoms with Crippen molar-refractivity contribution in [2.75, 3.05) is 12.3 Å². The summed E-state index contributed by atoms with van der Waals surface area (Å²) in [7, 11) is 0. The normalized spacial score (nSPS) is 24.1. The number of hydrogen-bond acceptors (Lipinski definition) is 4. The number of carboxylic acids is 1. The lowest BCUT2D eigenvalue weighted by atomic mass is 9.74. The molecule has 1 aliphatic carbocycles. The third-order valence-electron chi connectivity index (χ3n) is 4.24. The summed E-state index contributed by atoms with van der Waals surface area (Å²) in [4.78, 5) is 11.3. The monoisotopic (exact) mass is 277 g/mol. The summed E-state index contributed by atoms with van der Waals surface area (Å²) in [5, 5.41) is 9.22. The van der Waals surface area contributed by atoms with Crippen molar-refractivity contribution >= 4 is 11.7 Å². The first-order valence-corrected chi connectivity index (χ1v) is 7.01. The van der Waals surface area contributed by atoms with E-state index in [0.29, 0.717) is 18.0 Å². The molecule has 20 heavy (non-hydrogen) atoms. The molecule has 3 rings (SSSR count). The zero-order chi connectivity index (χ0) is 14.2. The number of anilines is 1. The van der Waals surface area contributed by atoms with E-state index in [4.69, 9.17) is 15.2 Å². The van der Waals surface area contributed by atoms with E-state index in [9.17, 15) is 9.90 Å². The lowest BCUT2D eigenvalue weighted by molar-refractivity contribution is -0.153. The zero-order valence-electron chi connectivity index (χ0n) is 11.3. The van der Waals surface area contributed by atoms with Crippen molar-refractivity contribution in [1.82, 2.24) is 0 Å². The van der Waals surface area contributed by atoms with E-state index in [-0.39, 0.29) is 17.3 Å². The molecule has 3 N–H and O–H groups in total. The van der Waals surface area contributed by atoms with Gasteiger partial charge in [-0.3, -0.25) is 0 Å². The minimum absolute atomic E-state index is 0.0138. The smallest absolute Gasteiger partial charge is 0.339 e. The summed E-state index contributed by atoms with van der Waals surface area (Å²) in [6.45, 7) is 0.683. The third kappa shape index (κ3) is 2.45. The van der Waals surface area contributed by atoms with Crippen molar-refractivity contribution in [1.29, 1.82) is 0 Å². The molecular weight excluding hydrogens is 258 g/mol. The molecule has 0 amide bonds. The van der Waals surface area contributed by atoms with Crippen LogP contribution >= 0.6 is 0 Å². The minimum atomic E-state index is -1.02. The largest absolute Gasteiger partial charge is 0.489 e. The van der Waals surface area contributed by atoms with Gasteiger partial charge in [-0.25, -0.2) is 4.79 Å². The molecule has 108 valence electrons. The van der Waals surface area contributed by atoms with Crippen molar-refractivity contribution in [3.63, 3.8) is 0 Å². The fourth-order valence-corrected chi connectivity index (χ4v) is 3.00. The number of carboxylic acid groups (broad SMARTS) is 1.